The highest BCUT2D eigenvalue weighted by Gasteiger charge is 2.12. The molecule has 0 saturated carbocycles. The minimum Gasteiger partial charge on any atom is -0.487 e. The van der Waals surface area contributed by atoms with E-state index in [1.54, 1.807) is 0 Å². The Morgan fingerprint density at radius 3 is 2.58 bits per heavy atom. The molecule has 0 aliphatic rings. The van der Waals surface area contributed by atoms with Crippen LogP contribution in [0.5, 0.6) is 5.75 Å². The summed E-state index contributed by atoms with van der Waals surface area (Å²) in [6.07, 6.45) is 0. The topological polar surface area (TPSA) is 9.23 Å². The van der Waals surface area contributed by atoms with Crippen molar-refractivity contribution in [2.24, 2.45) is 0 Å². The molecule has 0 unspecified atom stereocenters. The maximum absolute atomic E-state index is 5.67. The van der Waals surface area contributed by atoms with Crippen LogP contribution in [0.1, 0.15) is 20.8 Å². The van der Waals surface area contributed by atoms with E-state index in [4.69, 9.17) is 4.74 Å². The summed E-state index contributed by atoms with van der Waals surface area (Å²) < 4.78 is 6.61. The second-order valence-corrected chi connectivity index (χ2v) is 4.43. The molecule has 0 aliphatic heterocycles. The van der Waals surface area contributed by atoms with Crippen LogP contribution in [0.4, 0.5) is 0 Å². The first kappa shape index (κ1) is 9.59. The molecule has 0 heterocycles. The first-order chi connectivity index (χ1) is 5.49. The van der Waals surface area contributed by atoms with Crippen molar-refractivity contribution in [2.45, 2.75) is 26.4 Å². The van der Waals surface area contributed by atoms with Gasteiger partial charge in [-0.2, -0.15) is 0 Å². The quantitative estimate of drug-likeness (QED) is 0.715. The SMILES string of the molecule is CC(C)(C)Oc1cc[c]cc1Br. The van der Waals surface area contributed by atoms with E-state index in [9.17, 15) is 0 Å². The Morgan fingerprint density at radius 1 is 1.42 bits per heavy atom. The van der Waals surface area contributed by atoms with Crippen molar-refractivity contribution in [3.05, 3.63) is 28.7 Å². The summed E-state index contributed by atoms with van der Waals surface area (Å²) in [4.78, 5) is 0. The summed E-state index contributed by atoms with van der Waals surface area (Å²) in [5, 5.41) is 0. The molecular formula is C10H12BrO. The fraction of sp³-hybridized carbons (Fsp3) is 0.400. The third kappa shape index (κ3) is 2.86. The smallest absolute Gasteiger partial charge is 0.134 e. The molecule has 1 rings (SSSR count). The molecular weight excluding hydrogens is 216 g/mol. The molecule has 1 aromatic rings. The van der Waals surface area contributed by atoms with Gasteiger partial charge in [-0.1, -0.05) is 6.07 Å². The van der Waals surface area contributed by atoms with E-state index in [0.29, 0.717) is 0 Å². The Morgan fingerprint density at radius 2 is 2.08 bits per heavy atom. The summed E-state index contributed by atoms with van der Waals surface area (Å²) in [5.41, 5.74) is -0.149. The summed E-state index contributed by atoms with van der Waals surface area (Å²) in [7, 11) is 0. The Labute approximate surface area is 81.9 Å². The van der Waals surface area contributed by atoms with Crippen LogP contribution in [-0.4, -0.2) is 5.60 Å². The molecule has 2 heteroatoms. The molecule has 1 aromatic carbocycles. The van der Waals surface area contributed by atoms with E-state index >= 15 is 0 Å². The molecule has 0 spiro atoms. The first-order valence-electron chi connectivity index (χ1n) is 3.84. The van der Waals surface area contributed by atoms with Gasteiger partial charge in [0.2, 0.25) is 0 Å². The molecule has 0 aliphatic carbocycles. The molecule has 0 aromatic heterocycles. The molecule has 0 atom stereocenters. The molecule has 12 heavy (non-hydrogen) atoms. The van der Waals surface area contributed by atoms with E-state index in [-0.39, 0.29) is 5.60 Å². The van der Waals surface area contributed by atoms with Gasteiger partial charge in [0, 0.05) is 0 Å². The van der Waals surface area contributed by atoms with Crippen molar-refractivity contribution in [1.29, 1.82) is 0 Å². The molecule has 0 fully saturated rings. The third-order valence-corrected chi connectivity index (χ3v) is 1.81. The van der Waals surface area contributed by atoms with Crippen LogP contribution in [0.3, 0.4) is 0 Å². The van der Waals surface area contributed by atoms with Crippen molar-refractivity contribution in [3.63, 3.8) is 0 Å². The first-order valence-corrected chi connectivity index (χ1v) is 4.63. The highest BCUT2D eigenvalue weighted by Crippen LogP contribution is 2.26. The van der Waals surface area contributed by atoms with E-state index in [2.05, 4.69) is 22.0 Å². The molecule has 1 radical (unpaired) electrons. The fourth-order valence-electron chi connectivity index (χ4n) is 0.808. The van der Waals surface area contributed by atoms with E-state index in [0.717, 1.165) is 10.2 Å². The highest BCUT2D eigenvalue weighted by molar-refractivity contribution is 9.10. The van der Waals surface area contributed by atoms with Crippen molar-refractivity contribution in [2.75, 3.05) is 0 Å². The second kappa shape index (κ2) is 3.48. The minimum atomic E-state index is -0.149. The Balaban J connectivity index is 2.83. The average molecular weight is 228 g/mol. The summed E-state index contributed by atoms with van der Waals surface area (Å²) in [6, 6.07) is 8.55. The Bertz CT molecular complexity index is 263. The lowest BCUT2D eigenvalue weighted by Gasteiger charge is -2.21. The van der Waals surface area contributed by atoms with Crippen molar-refractivity contribution < 1.29 is 4.74 Å². The average Bonchev–Trinajstić information content (AvgIpc) is 1.91. The van der Waals surface area contributed by atoms with Crippen molar-refractivity contribution in [3.8, 4) is 5.75 Å². The zero-order valence-corrected chi connectivity index (χ0v) is 9.10. The monoisotopic (exact) mass is 227 g/mol. The molecule has 1 nitrogen and oxygen atoms in total. The van der Waals surface area contributed by atoms with Crippen LogP contribution in [0.15, 0.2) is 22.7 Å². The van der Waals surface area contributed by atoms with Gasteiger partial charge >= 0.3 is 0 Å². The van der Waals surface area contributed by atoms with Crippen LogP contribution in [0.25, 0.3) is 0 Å². The Hall–Kier alpha value is -0.500. The summed E-state index contributed by atoms with van der Waals surface area (Å²) >= 11 is 3.39. The van der Waals surface area contributed by atoms with E-state index in [1.165, 1.54) is 0 Å². The van der Waals surface area contributed by atoms with E-state index < -0.39 is 0 Å². The third-order valence-electron chi connectivity index (χ3n) is 1.19. The molecule has 0 bridgehead atoms. The van der Waals surface area contributed by atoms with Gasteiger partial charge in [-0.3, -0.25) is 0 Å². The van der Waals surface area contributed by atoms with Crippen LogP contribution in [0.2, 0.25) is 0 Å². The van der Waals surface area contributed by atoms with Gasteiger partial charge in [-0.15, -0.1) is 0 Å². The van der Waals surface area contributed by atoms with Crippen LogP contribution < -0.4 is 4.74 Å². The van der Waals surface area contributed by atoms with Crippen molar-refractivity contribution >= 4 is 15.9 Å². The zero-order valence-electron chi connectivity index (χ0n) is 7.52. The number of hydrogen-bond acceptors (Lipinski definition) is 1. The van der Waals surface area contributed by atoms with Gasteiger partial charge in [0.1, 0.15) is 11.4 Å². The normalized spacial score (nSPS) is 11.3. The second-order valence-electron chi connectivity index (χ2n) is 3.57. The number of hydrogen-bond donors (Lipinski definition) is 0. The lowest BCUT2D eigenvalue weighted by molar-refractivity contribution is 0.130. The van der Waals surface area contributed by atoms with Gasteiger partial charge in [-0.05, 0) is 54.9 Å². The molecule has 65 valence electrons. The highest BCUT2D eigenvalue weighted by atomic mass is 79.9. The molecule has 0 saturated heterocycles. The fourth-order valence-corrected chi connectivity index (χ4v) is 1.15. The Kier molecular flexibility index (Phi) is 2.78. The van der Waals surface area contributed by atoms with Gasteiger partial charge in [0.15, 0.2) is 0 Å². The molecule has 0 N–H and O–H groups in total. The summed E-state index contributed by atoms with van der Waals surface area (Å²) in [5.74, 6) is 0.862. The maximum Gasteiger partial charge on any atom is 0.134 e. The number of ether oxygens (including phenoxy) is 1. The number of benzene rings is 1. The van der Waals surface area contributed by atoms with E-state index in [1.807, 2.05) is 39.0 Å². The standard InChI is InChI=1S/C10H12BrO/c1-10(2,3)12-9-7-5-4-6-8(9)11/h5-7H,1-3H3. The largest absolute Gasteiger partial charge is 0.487 e. The predicted octanol–water partition coefficient (Wildman–Crippen LogP) is 3.43. The maximum atomic E-state index is 5.67. The van der Waals surface area contributed by atoms with Gasteiger partial charge in [0.05, 0.1) is 4.47 Å². The number of halogens is 1. The lowest BCUT2D eigenvalue weighted by Crippen LogP contribution is -2.23. The summed E-state index contributed by atoms with van der Waals surface area (Å²) in [6.45, 7) is 6.07. The minimum absolute atomic E-state index is 0.149. The zero-order chi connectivity index (χ0) is 9.19. The van der Waals surface area contributed by atoms with Crippen LogP contribution in [0, 0.1) is 6.07 Å². The number of rotatable bonds is 1. The van der Waals surface area contributed by atoms with Gasteiger partial charge in [0.25, 0.3) is 0 Å². The predicted molar refractivity (Wildman–Crippen MR) is 53.4 cm³/mol. The van der Waals surface area contributed by atoms with Gasteiger partial charge < -0.3 is 4.74 Å². The van der Waals surface area contributed by atoms with Crippen LogP contribution in [-0.2, 0) is 0 Å². The van der Waals surface area contributed by atoms with Crippen LogP contribution >= 0.6 is 15.9 Å². The molecule has 0 amide bonds. The van der Waals surface area contributed by atoms with Crippen molar-refractivity contribution in [1.82, 2.24) is 0 Å². The lowest BCUT2D eigenvalue weighted by atomic mass is 10.2. The van der Waals surface area contributed by atoms with Gasteiger partial charge in [-0.25, -0.2) is 0 Å².